The van der Waals surface area contributed by atoms with Gasteiger partial charge in [0.05, 0.1) is 12.0 Å². The summed E-state index contributed by atoms with van der Waals surface area (Å²) >= 11 is 0. The Kier molecular flexibility index (Phi) is 1.97. The second-order valence-corrected chi connectivity index (χ2v) is 2.41. The first-order valence-electron chi connectivity index (χ1n) is 3.28. The average Bonchev–Trinajstić information content (AvgIpc) is 1.99. The summed E-state index contributed by atoms with van der Waals surface area (Å²) < 4.78 is 0. The van der Waals surface area contributed by atoms with E-state index in [1.54, 1.807) is 0 Å². The van der Waals surface area contributed by atoms with Crippen LogP contribution < -0.4 is 5.32 Å². The molecule has 2 N–H and O–H groups in total. The van der Waals surface area contributed by atoms with E-state index in [0.29, 0.717) is 0 Å². The van der Waals surface area contributed by atoms with Crippen LogP contribution in [0.25, 0.3) is 0 Å². The minimum Gasteiger partial charge on any atom is -0.388 e. The summed E-state index contributed by atoms with van der Waals surface area (Å²) in [6.07, 6.45) is 5.55. The lowest BCUT2D eigenvalue weighted by Crippen LogP contribution is -2.61. The molecule has 0 aromatic heterocycles. The Bertz CT molecular complexity index is 229. The van der Waals surface area contributed by atoms with E-state index < -0.39 is 12.0 Å². The molecule has 1 saturated heterocycles. The van der Waals surface area contributed by atoms with Gasteiger partial charge >= 0.3 is 0 Å². The smallest absolute Gasteiger partial charge is 0.230 e. The molecule has 0 aromatic rings. The normalized spacial score (nSPS) is 31.1. The van der Waals surface area contributed by atoms with Crippen LogP contribution in [0.4, 0.5) is 0 Å². The maximum absolute atomic E-state index is 10.8. The zero-order valence-corrected chi connectivity index (χ0v) is 5.95. The Morgan fingerprint density at radius 2 is 2.55 bits per heavy atom. The second kappa shape index (κ2) is 2.77. The van der Waals surface area contributed by atoms with Crippen molar-refractivity contribution in [3.8, 4) is 12.3 Å². The zero-order valence-electron chi connectivity index (χ0n) is 5.95. The summed E-state index contributed by atoms with van der Waals surface area (Å²) in [6, 6.07) is -0.338. The highest BCUT2D eigenvalue weighted by Gasteiger charge is 2.41. The number of carbonyl (C=O) groups is 1. The van der Waals surface area contributed by atoms with Gasteiger partial charge in [0.25, 0.3) is 0 Å². The third kappa shape index (κ3) is 1.13. The molecule has 1 rings (SSSR count). The number of amides is 1. The van der Waals surface area contributed by atoms with Crippen molar-refractivity contribution < 1.29 is 9.90 Å². The van der Waals surface area contributed by atoms with E-state index in [1.165, 1.54) is 6.08 Å². The topological polar surface area (TPSA) is 49.3 Å². The van der Waals surface area contributed by atoms with Crippen molar-refractivity contribution in [2.75, 3.05) is 0 Å². The van der Waals surface area contributed by atoms with Crippen LogP contribution in [0.15, 0.2) is 12.7 Å². The van der Waals surface area contributed by atoms with Crippen molar-refractivity contribution in [1.29, 1.82) is 0 Å². The molecule has 3 nitrogen and oxygen atoms in total. The molecule has 0 bridgehead atoms. The first-order chi connectivity index (χ1) is 5.20. The van der Waals surface area contributed by atoms with Crippen LogP contribution in [0, 0.1) is 18.3 Å². The summed E-state index contributed by atoms with van der Waals surface area (Å²) in [5, 5.41) is 11.7. The number of β-lactam (4-membered cyclic amide) rings is 1. The van der Waals surface area contributed by atoms with E-state index in [1.807, 2.05) is 0 Å². The number of hydrogen-bond donors (Lipinski definition) is 2. The lowest BCUT2D eigenvalue weighted by Gasteiger charge is -2.34. The van der Waals surface area contributed by atoms with Crippen LogP contribution in [-0.2, 0) is 4.79 Å². The monoisotopic (exact) mass is 151 g/mol. The molecule has 0 aromatic carbocycles. The molecule has 0 aliphatic carbocycles. The summed E-state index contributed by atoms with van der Waals surface area (Å²) in [5.41, 5.74) is 0. The number of hydrogen-bond acceptors (Lipinski definition) is 2. The van der Waals surface area contributed by atoms with E-state index in [0.717, 1.165) is 0 Å². The molecule has 1 fully saturated rings. The third-order valence-electron chi connectivity index (χ3n) is 1.75. The predicted octanol–water partition coefficient (Wildman–Crippen LogP) is -0.719. The molecular formula is C8H9NO2. The third-order valence-corrected chi connectivity index (χ3v) is 1.75. The van der Waals surface area contributed by atoms with E-state index in [4.69, 9.17) is 6.42 Å². The molecule has 0 saturated carbocycles. The summed E-state index contributed by atoms with van der Waals surface area (Å²) in [5.74, 6) is 1.65. The van der Waals surface area contributed by atoms with Gasteiger partial charge in [-0.25, -0.2) is 0 Å². The SMILES string of the molecule is C#C[C@H]1NC(=O)[C@H]1[C@H](O)C=C. The molecule has 3 heteroatoms. The summed E-state index contributed by atoms with van der Waals surface area (Å²) in [6.45, 7) is 3.37. The van der Waals surface area contributed by atoms with Gasteiger partial charge in [-0.15, -0.1) is 13.0 Å². The van der Waals surface area contributed by atoms with Gasteiger partial charge in [-0.05, 0) is 0 Å². The van der Waals surface area contributed by atoms with Crippen LogP contribution in [0.5, 0.6) is 0 Å². The summed E-state index contributed by atoms with van der Waals surface area (Å²) in [7, 11) is 0. The first-order valence-corrected chi connectivity index (χ1v) is 3.28. The van der Waals surface area contributed by atoms with Gasteiger partial charge in [0.1, 0.15) is 6.04 Å². The molecule has 0 spiro atoms. The Morgan fingerprint density at radius 1 is 1.91 bits per heavy atom. The largest absolute Gasteiger partial charge is 0.388 e. The molecule has 0 unspecified atom stereocenters. The first kappa shape index (κ1) is 7.83. The lowest BCUT2D eigenvalue weighted by atomic mass is 9.86. The van der Waals surface area contributed by atoms with Gasteiger partial charge in [-0.2, -0.15) is 0 Å². The molecule has 1 aliphatic rings. The standard InChI is InChI=1S/C8H9NO2/c1-3-5-7(6(10)4-2)8(11)9-5/h1,4-7,10H,2H2,(H,9,11)/t5-,6-,7-/m1/s1. The molecule has 1 amide bonds. The fourth-order valence-electron chi connectivity index (χ4n) is 1.04. The molecule has 0 radical (unpaired) electrons. The Labute approximate surface area is 65.1 Å². The van der Waals surface area contributed by atoms with E-state index in [2.05, 4.69) is 17.8 Å². The molecule has 3 atom stereocenters. The van der Waals surface area contributed by atoms with Crippen molar-refractivity contribution in [3.05, 3.63) is 12.7 Å². The molecule has 11 heavy (non-hydrogen) atoms. The van der Waals surface area contributed by atoms with Crippen LogP contribution in [0.1, 0.15) is 0 Å². The Morgan fingerprint density at radius 3 is 2.91 bits per heavy atom. The minimum absolute atomic E-state index is 0.208. The van der Waals surface area contributed by atoms with Crippen LogP contribution in [0.3, 0.4) is 0 Å². The van der Waals surface area contributed by atoms with Crippen LogP contribution in [-0.4, -0.2) is 23.2 Å². The van der Waals surface area contributed by atoms with Crippen molar-refractivity contribution >= 4 is 5.91 Å². The molecule has 1 aliphatic heterocycles. The number of rotatable bonds is 2. The quantitative estimate of drug-likeness (QED) is 0.311. The zero-order chi connectivity index (χ0) is 8.43. The van der Waals surface area contributed by atoms with Gasteiger partial charge in [0, 0.05) is 0 Å². The Balaban J connectivity index is 2.63. The van der Waals surface area contributed by atoms with Crippen molar-refractivity contribution in [1.82, 2.24) is 5.32 Å². The fourth-order valence-corrected chi connectivity index (χ4v) is 1.04. The second-order valence-electron chi connectivity index (χ2n) is 2.41. The summed E-state index contributed by atoms with van der Waals surface area (Å²) in [4.78, 5) is 10.8. The van der Waals surface area contributed by atoms with Crippen molar-refractivity contribution in [2.45, 2.75) is 12.1 Å². The van der Waals surface area contributed by atoms with Crippen LogP contribution in [0.2, 0.25) is 0 Å². The molecule has 1 heterocycles. The highest BCUT2D eigenvalue weighted by atomic mass is 16.3. The number of aliphatic hydroxyl groups is 1. The highest BCUT2D eigenvalue weighted by molar-refractivity contribution is 5.87. The number of aliphatic hydroxyl groups excluding tert-OH is 1. The number of nitrogens with one attached hydrogen (secondary N) is 1. The highest BCUT2D eigenvalue weighted by Crippen LogP contribution is 2.18. The predicted molar refractivity (Wildman–Crippen MR) is 40.5 cm³/mol. The maximum atomic E-state index is 10.8. The van der Waals surface area contributed by atoms with Gasteiger partial charge in [0.2, 0.25) is 5.91 Å². The number of carbonyl (C=O) groups excluding carboxylic acids is 1. The van der Waals surface area contributed by atoms with Gasteiger partial charge < -0.3 is 10.4 Å². The minimum atomic E-state index is -0.829. The van der Waals surface area contributed by atoms with Crippen molar-refractivity contribution in [3.63, 3.8) is 0 Å². The van der Waals surface area contributed by atoms with Crippen LogP contribution >= 0.6 is 0 Å². The molecule has 58 valence electrons. The fraction of sp³-hybridized carbons (Fsp3) is 0.375. The van der Waals surface area contributed by atoms with E-state index in [9.17, 15) is 9.90 Å². The Hall–Kier alpha value is -1.27. The molecular weight excluding hydrogens is 142 g/mol. The van der Waals surface area contributed by atoms with Gasteiger partial charge in [-0.3, -0.25) is 4.79 Å². The van der Waals surface area contributed by atoms with E-state index >= 15 is 0 Å². The maximum Gasteiger partial charge on any atom is 0.230 e. The lowest BCUT2D eigenvalue weighted by molar-refractivity contribution is -0.137. The number of terminal acetylenes is 1. The van der Waals surface area contributed by atoms with Gasteiger partial charge in [0.15, 0.2) is 0 Å². The van der Waals surface area contributed by atoms with E-state index in [-0.39, 0.29) is 11.9 Å². The van der Waals surface area contributed by atoms with Crippen molar-refractivity contribution in [2.24, 2.45) is 5.92 Å². The van der Waals surface area contributed by atoms with Gasteiger partial charge in [-0.1, -0.05) is 12.0 Å². The average molecular weight is 151 g/mol.